The van der Waals surface area contributed by atoms with Gasteiger partial charge in [0, 0.05) is 30.9 Å². The highest BCUT2D eigenvalue weighted by Crippen LogP contribution is 2.48. The minimum absolute atomic E-state index is 0.00518. The average molecular weight is 514 g/mol. The van der Waals surface area contributed by atoms with Crippen LogP contribution >= 0.6 is 11.6 Å². The molecule has 0 bridgehead atoms. The van der Waals surface area contributed by atoms with Crippen LogP contribution in [0.3, 0.4) is 0 Å². The lowest BCUT2D eigenvalue weighted by Crippen LogP contribution is -2.50. The Labute approximate surface area is 214 Å². The molecule has 4 heterocycles. The molecule has 2 amide bonds. The van der Waals surface area contributed by atoms with Crippen molar-refractivity contribution in [3.05, 3.63) is 53.1 Å². The molecule has 0 aliphatic carbocycles. The quantitative estimate of drug-likeness (QED) is 0.421. The zero-order valence-corrected chi connectivity index (χ0v) is 21.0. The summed E-state index contributed by atoms with van der Waals surface area (Å²) >= 11 is 6.26. The van der Waals surface area contributed by atoms with E-state index in [0.29, 0.717) is 56.9 Å². The van der Waals surface area contributed by atoms with E-state index in [-0.39, 0.29) is 25.2 Å². The van der Waals surface area contributed by atoms with Crippen molar-refractivity contribution in [2.75, 3.05) is 31.3 Å². The number of aromatic nitrogens is 3. The van der Waals surface area contributed by atoms with E-state index in [9.17, 15) is 14.0 Å². The van der Waals surface area contributed by atoms with Gasteiger partial charge in [-0.3, -0.25) is 14.2 Å². The summed E-state index contributed by atoms with van der Waals surface area (Å²) in [7, 11) is 0. The summed E-state index contributed by atoms with van der Waals surface area (Å²) in [6.45, 7) is 3.46. The molecule has 1 aromatic carbocycles. The number of amides is 2. The van der Waals surface area contributed by atoms with E-state index in [4.69, 9.17) is 21.3 Å². The van der Waals surface area contributed by atoms with Crippen LogP contribution in [0.25, 0.3) is 11.0 Å². The van der Waals surface area contributed by atoms with Gasteiger partial charge in [0.15, 0.2) is 0 Å². The number of unbranched alkanes of at least 4 members (excludes halogenated alkanes) is 1. The summed E-state index contributed by atoms with van der Waals surface area (Å²) in [5.74, 6) is 0.713. The molecular weight excluding hydrogens is 485 g/mol. The molecule has 36 heavy (non-hydrogen) atoms. The molecule has 0 saturated carbocycles. The number of fused-ring (bicyclic) bond motifs is 3. The summed E-state index contributed by atoms with van der Waals surface area (Å²) in [5.41, 5.74) is 2.65. The molecule has 5 rings (SSSR count). The minimum atomic E-state index is -0.713. The van der Waals surface area contributed by atoms with Gasteiger partial charge in [-0.25, -0.2) is 9.78 Å². The normalized spacial score (nSPS) is 16.7. The minimum Gasteiger partial charge on any atom is -0.450 e. The maximum atomic E-state index is 14.0. The van der Waals surface area contributed by atoms with Crippen LogP contribution in [0, 0.1) is 0 Å². The molecule has 0 unspecified atom stereocenters. The molecule has 0 radical (unpaired) electrons. The first-order chi connectivity index (χ1) is 17.5. The van der Waals surface area contributed by atoms with E-state index in [1.807, 2.05) is 22.8 Å². The number of piperidine rings is 1. The van der Waals surface area contributed by atoms with Crippen LogP contribution < -0.4 is 4.90 Å². The number of benzene rings is 1. The van der Waals surface area contributed by atoms with Crippen molar-refractivity contribution < 1.29 is 18.7 Å². The van der Waals surface area contributed by atoms with E-state index in [0.717, 1.165) is 28.1 Å². The molecule has 2 aliphatic heterocycles. The molecule has 10 heteroatoms. The van der Waals surface area contributed by atoms with Gasteiger partial charge in [0.2, 0.25) is 5.91 Å². The van der Waals surface area contributed by atoms with E-state index in [1.54, 1.807) is 35.2 Å². The van der Waals surface area contributed by atoms with Crippen molar-refractivity contribution in [2.24, 2.45) is 0 Å². The van der Waals surface area contributed by atoms with E-state index >= 15 is 0 Å². The lowest BCUT2D eigenvalue weighted by atomic mass is 9.74. The number of nitrogens with zero attached hydrogens (tertiary/aromatic N) is 5. The van der Waals surface area contributed by atoms with Crippen LogP contribution in [0.1, 0.15) is 44.0 Å². The molecule has 190 valence electrons. The van der Waals surface area contributed by atoms with Gasteiger partial charge >= 0.3 is 6.09 Å². The zero-order chi connectivity index (χ0) is 25.3. The predicted octanol–water partition coefficient (Wildman–Crippen LogP) is 4.87. The summed E-state index contributed by atoms with van der Waals surface area (Å²) in [4.78, 5) is 38.8. The third kappa shape index (κ3) is 4.19. The third-order valence-corrected chi connectivity index (χ3v) is 7.49. The average Bonchev–Trinajstić information content (AvgIpc) is 3.33. The predicted molar refractivity (Wildman–Crippen MR) is 135 cm³/mol. The van der Waals surface area contributed by atoms with Gasteiger partial charge in [0.25, 0.3) is 0 Å². The molecule has 1 saturated heterocycles. The topological polar surface area (TPSA) is 80.6 Å². The highest BCUT2D eigenvalue weighted by molar-refractivity contribution is 6.31. The van der Waals surface area contributed by atoms with Gasteiger partial charge in [-0.15, -0.1) is 0 Å². The Morgan fingerprint density at radius 3 is 2.78 bits per heavy atom. The number of likely N-dealkylation sites (tertiary alicyclic amines) is 1. The first-order valence-corrected chi connectivity index (χ1v) is 12.7. The van der Waals surface area contributed by atoms with Crippen molar-refractivity contribution in [1.29, 1.82) is 0 Å². The zero-order valence-electron chi connectivity index (χ0n) is 20.3. The van der Waals surface area contributed by atoms with E-state index in [1.165, 1.54) is 0 Å². The molecule has 0 atom stereocenters. The lowest BCUT2D eigenvalue weighted by Gasteiger charge is -2.37. The lowest BCUT2D eigenvalue weighted by molar-refractivity contribution is -0.125. The summed E-state index contributed by atoms with van der Waals surface area (Å²) in [6.07, 6.45) is 5.23. The second-order valence-electron chi connectivity index (χ2n) is 9.26. The van der Waals surface area contributed by atoms with Gasteiger partial charge in [-0.1, -0.05) is 11.6 Å². The summed E-state index contributed by atoms with van der Waals surface area (Å²) in [5, 5.41) is 0.597. The number of pyridine rings is 1. The third-order valence-electron chi connectivity index (χ3n) is 7.26. The molecule has 1 spiro atoms. The Balaban J connectivity index is 1.47. The number of rotatable bonds is 7. The Morgan fingerprint density at radius 2 is 2.03 bits per heavy atom. The van der Waals surface area contributed by atoms with E-state index in [2.05, 4.69) is 4.98 Å². The Hall–Kier alpha value is -3.20. The number of carbonyl (C=O) groups is 2. The second-order valence-corrected chi connectivity index (χ2v) is 9.70. The molecule has 1 fully saturated rings. The Kier molecular flexibility index (Phi) is 6.83. The first kappa shape index (κ1) is 24.5. The van der Waals surface area contributed by atoms with Gasteiger partial charge in [-0.05, 0) is 62.4 Å². The maximum Gasteiger partial charge on any atom is 0.409 e. The molecule has 0 N–H and O–H groups in total. The van der Waals surface area contributed by atoms with Crippen molar-refractivity contribution >= 4 is 40.3 Å². The van der Waals surface area contributed by atoms with Crippen LogP contribution in [0.15, 0.2) is 36.7 Å². The van der Waals surface area contributed by atoms with Crippen molar-refractivity contribution in [3.63, 3.8) is 0 Å². The SMILES string of the molecule is CCOC(=O)N1CCC2(CC1)C(=O)N(Cc1nc3ccc(Cl)cc3n1CCCCF)c1cnccc12. The number of ether oxygens (including phenoxy) is 1. The van der Waals surface area contributed by atoms with Crippen LogP contribution in [0.2, 0.25) is 5.02 Å². The van der Waals surface area contributed by atoms with Gasteiger partial charge in [0.1, 0.15) is 5.82 Å². The molecule has 2 aliphatic rings. The number of carbonyl (C=O) groups excluding carboxylic acids is 2. The largest absolute Gasteiger partial charge is 0.450 e. The summed E-state index contributed by atoms with van der Waals surface area (Å²) < 4.78 is 20.0. The van der Waals surface area contributed by atoms with Crippen LogP contribution in [-0.2, 0) is 28.0 Å². The van der Waals surface area contributed by atoms with Gasteiger partial charge in [-0.2, -0.15) is 0 Å². The molecule has 3 aromatic rings. The highest BCUT2D eigenvalue weighted by atomic mass is 35.5. The fourth-order valence-corrected chi connectivity index (χ4v) is 5.60. The van der Waals surface area contributed by atoms with Crippen LogP contribution in [0.5, 0.6) is 0 Å². The number of halogens is 2. The fourth-order valence-electron chi connectivity index (χ4n) is 5.44. The second kappa shape index (κ2) is 10.0. The van der Waals surface area contributed by atoms with Crippen LogP contribution in [-0.4, -0.2) is 57.8 Å². The summed E-state index contributed by atoms with van der Waals surface area (Å²) in [6, 6.07) is 7.42. The van der Waals surface area contributed by atoms with Gasteiger partial charge in [0.05, 0.1) is 48.2 Å². The maximum absolute atomic E-state index is 14.0. The molecule has 2 aromatic heterocycles. The monoisotopic (exact) mass is 513 g/mol. The van der Waals surface area contributed by atoms with Crippen LogP contribution in [0.4, 0.5) is 14.9 Å². The van der Waals surface area contributed by atoms with Crippen molar-refractivity contribution in [2.45, 2.75) is 51.1 Å². The number of hydrogen-bond acceptors (Lipinski definition) is 5. The Bertz CT molecular complexity index is 1290. The highest BCUT2D eigenvalue weighted by Gasteiger charge is 2.52. The van der Waals surface area contributed by atoms with E-state index < -0.39 is 5.41 Å². The first-order valence-electron chi connectivity index (χ1n) is 12.4. The van der Waals surface area contributed by atoms with Gasteiger partial charge < -0.3 is 19.1 Å². The van der Waals surface area contributed by atoms with Crippen molar-refractivity contribution in [3.8, 4) is 0 Å². The van der Waals surface area contributed by atoms with Crippen molar-refractivity contribution in [1.82, 2.24) is 19.4 Å². The molecular formula is C26H29ClFN5O3. The number of imidazole rings is 1. The molecule has 8 nitrogen and oxygen atoms in total. The number of hydrogen-bond donors (Lipinski definition) is 0. The standard InChI is InChI=1S/C26H29ClFN5O3/c1-2-36-25(35)31-13-8-26(9-14-31)19-7-11-29-16-22(19)33(24(26)34)17-23-30-20-6-5-18(27)15-21(20)32(23)12-4-3-10-28/h5-7,11,15-16H,2-4,8-10,12-14,17H2,1H3. The fraction of sp³-hybridized carbons (Fsp3) is 0.462. The number of anilines is 1. The smallest absolute Gasteiger partial charge is 0.409 e. The number of aryl methyl sites for hydroxylation is 1. The Morgan fingerprint density at radius 1 is 1.22 bits per heavy atom. The number of alkyl halides is 1.